The van der Waals surface area contributed by atoms with Crippen LogP contribution in [0.1, 0.15) is 23.5 Å². The number of para-hydroxylation sites is 1. The SMILES string of the molecule is CN(C)CCN1C(=S)NC(c2ccccn2)C1c1cccn1-c1ccccc1. The van der Waals surface area contributed by atoms with Crippen molar-refractivity contribution >= 4 is 17.3 Å². The van der Waals surface area contributed by atoms with Gasteiger partial charge in [-0.3, -0.25) is 4.98 Å². The summed E-state index contributed by atoms with van der Waals surface area (Å²) in [6, 6.07) is 20.8. The highest BCUT2D eigenvalue weighted by atomic mass is 32.1. The average Bonchev–Trinajstić information content (AvgIpc) is 3.32. The molecule has 0 bridgehead atoms. The number of hydrogen-bond acceptors (Lipinski definition) is 3. The maximum atomic E-state index is 5.74. The number of aromatic nitrogens is 2. The first-order valence-electron chi connectivity index (χ1n) is 9.50. The molecule has 28 heavy (non-hydrogen) atoms. The first-order chi connectivity index (χ1) is 13.6. The van der Waals surface area contributed by atoms with Crippen molar-refractivity contribution in [1.29, 1.82) is 0 Å². The van der Waals surface area contributed by atoms with Crippen LogP contribution in [0, 0.1) is 0 Å². The summed E-state index contributed by atoms with van der Waals surface area (Å²) in [5.74, 6) is 0. The number of rotatable bonds is 6. The number of nitrogens with zero attached hydrogens (tertiary/aromatic N) is 4. The zero-order valence-electron chi connectivity index (χ0n) is 16.2. The molecule has 0 aliphatic carbocycles. The van der Waals surface area contributed by atoms with Crippen LogP contribution in [0.4, 0.5) is 0 Å². The van der Waals surface area contributed by atoms with Crippen LogP contribution >= 0.6 is 12.2 Å². The fraction of sp³-hybridized carbons (Fsp3) is 0.273. The van der Waals surface area contributed by atoms with Crippen LogP contribution in [-0.4, -0.2) is 51.6 Å². The fourth-order valence-corrected chi connectivity index (χ4v) is 4.07. The number of benzene rings is 1. The van der Waals surface area contributed by atoms with Gasteiger partial charge in [-0.05, 0) is 62.7 Å². The largest absolute Gasteiger partial charge is 0.352 e. The van der Waals surface area contributed by atoms with E-state index < -0.39 is 0 Å². The molecule has 1 fully saturated rings. The monoisotopic (exact) mass is 391 g/mol. The predicted molar refractivity (Wildman–Crippen MR) is 116 cm³/mol. The minimum absolute atomic E-state index is 0.00762. The lowest BCUT2D eigenvalue weighted by atomic mass is 10.0. The lowest BCUT2D eigenvalue weighted by Crippen LogP contribution is -2.36. The van der Waals surface area contributed by atoms with Crippen LogP contribution in [0.3, 0.4) is 0 Å². The molecule has 1 aliphatic heterocycles. The fourth-order valence-electron chi connectivity index (χ4n) is 3.73. The number of thiocarbonyl (C=S) groups is 1. The highest BCUT2D eigenvalue weighted by Crippen LogP contribution is 2.39. The first kappa shape index (κ1) is 18.7. The predicted octanol–water partition coefficient (Wildman–Crippen LogP) is 3.41. The highest BCUT2D eigenvalue weighted by molar-refractivity contribution is 7.80. The molecule has 0 saturated carbocycles. The number of likely N-dealkylation sites (N-methyl/N-ethyl adjacent to an activating group) is 1. The van der Waals surface area contributed by atoms with Crippen molar-refractivity contribution in [1.82, 2.24) is 24.7 Å². The number of pyridine rings is 1. The van der Waals surface area contributed by atoms with Crippen molar-refractivity contribution in [2.75, 3.05) is 27.2 Å². The van der Waals surface area contributed by atoms with E-state index in [4.69, 9.17) is 12.2 Å². The van der Waals surface area contributed by atoms with E-state index >= 15 is 0 Å². The third-order valence-corrected chi connectivity index (χ3v) is 5.46. The summed E-state index contributed by atoms with van der Waals surface area (Å²) in [7, 11) is 4.18. The summed E-state index contributed by atoms with van der Waals surface area (Å²) in [5.41, 5.74) is 3.35. The molecule has 0 spiro atoms. The van der Waals surface area contributed by atoms with E-state index in [-0.39, 0.29) is 12.1 Å². The molecule has 6 heteroatoms. The molecule has 5 nitrogen and oxygen atoms in total. The first-order valence-corrected chi connectivity index (χ1v) is 9.91. The van der Waals surface area contributed by atoms with Gasteiger partial charge in [-0.2, -0.15) is 0 Å². The maximum absolute atomic E-state index is 5.74. The van der Waals surface area contributed by atoms with Crippen LogP contribution in [-0.2, 0) is 0 Å². The molecule has 0 amide bonds. The summed E-state index contributed by atoms with van der Waals surface area (Å²) in [6.45, 7) is 1.78. The van der Waals surface area contributed by atoms with Crippen molar-refractivity contribution in [3.63, 3.8) is 0 Å². The summed E-state index contributed by atoms with van der Waals surface area (Å²) >= 11 is 5.74. The van der Waals surface area contributed by atoms with Crippen molar-refractivity contribution in [3.8, 4) is 5.69 Å². The van der Waals surface area contributed by atoms with Crippen molar-refractivity contribution < 1.29 is 0 Å². The van der Waals surface area contributed by atoms with Gasteiger partial charge in [0, 0.05) is 36.9 Å². The van der Waals surface area contributed by atoms with Gasteiger partial charge in [0.2, 0.25) is 0 Å². The van der Waals surface area contributed by atoms with Gasteiger partial charge in [0.1, 0.15) is 0 Å². The zero-order chi connectivity index (χ0) is 19.5. The van der Waals surface area contributed by atoms with E-state index in [1.807, 2.05) is 24.4 Å². The Kier molecular flexibility index (Phi) is 5.41. The van der Waals surface area contributed by atoms with E-state index in [2.05, 4.69) is 87.4 Å². The molecular weight excluding hydrogens is 366 g/mol. The third-order valence-electron chi connectivity index (χ3n) is 5.10. The Bertz CT molecular complexity index is 922. The standard InChI is InChI=1S/C22H25N5S/c1-25(2)15-16-27-21(20(24-22(27)28)18-11-6-7-13-23-18)19-12-8-14-26(19)17-9-4-3-5-10-17/h3-14,20-21H,15-16H2,1-2H3,(H,24,28). The summed E-state index contributed by atoms with van der Waals surface area (Å²) in [6.07, 6.45) is 3.96. The molecule has 1 saturated heterocycles. The molecule has 3 aromatic rings. The van der Waals surface area contributed by atoms with Gasteiger partial charge in [-0.25, -0.2) is 0 Å². The minimum atomic E-state index is 0.00762. The second-order valence-corrected chi connectivity index (χ2v) is 7.65. The summed E-state index contributed by atoms with van der Waals surface area (Å²) < 4.78 is 2.25. The Morgan fingerprint density at radius 1 is 1.04 bits per heavy atom. The van der Waals surface area contributed by atoms with Crippen LogP contribution in [0.2, 0.25) is 0 Å². The Hall–Kier alpha value is -2.70. The molecule has 2 aromatic heterocycles. The molecule has 1 N–H and O–H groups in total. The number of hydrogen-bond donors (Lipinski definition) is 1. The Morgan fingerprint density at radius 3 is 2.54 bits per heavy atom. The van der Waals surface area contributed by atoms with Crippen molar-refractivity contribution in [2.24, 2.45) is 0 Å². The molecule has 0 radical (unpaired) electrons. The van der Waals surface area contributed by atoms with Gasteiger partial charge in [0.15, 0.2) is 5.11 Å². The molecule has 144 valence electrons. The van der Waals surface area contributed by atoms with Crippen molar-refractivity contribution in [2.45, 2.75) is 12.1 Å². The molecule has 1 aliphatic rings. The smallest absolute Gasteiger partial charge is 0.170 e. The average molecular weight is 392 g/mol. The van der Waals surface area contributed by atoms with Crippen LogP contribution in [0.25, 0.3) is 5.69 Å². The molecule has 2 atom stereocenters. The van der Waals surface area contributed by atoms with Gasteiger partial charge in [0.05, 0.1) is 17.8 Å². The zero-order valence-corrected chi connectivity index (χ0v) is 17.0. The molecule has 4 rings (SSSR count). The molecule has 2 unspecified atom stereocenters. The Labute approximate surface area is 171 Å². The summed E-state index contributed by atoms with van der Waals surface area (Å²) in [4.78, 5) is 9.10. The highest BCUT2D eigenvalue weighted by Gasteiger charge is 2.41. The topological polar surface area (TPSA) is 36.3 Å². The van der Waals surface area contributed by atoms with Gasteiger partial charge in [-0.1, -0.05) is 24.3 Å². The lowest BCUT2D eigenvalue weighted by Gasteiger charge is -2.29. The van der Waals surface area contributed by atoms with Crippen LogP contribution < -0.4 is 5.32 Å². The van der Waals surface area contributed by atoms with E-state index in [0.717, 1.165) is 29.6 Å². The second-order valence-electron chi connectivity index (χ2n) is 7.26. The van der Waals surface area contributed by atoms with Crippen molar-refractivity contribution in [3.05, 3.63) is 84.4 Å². The quantitative estimate of drug-likeness (QED) is 0.652. The third kappa shape index (κ3) is 3.66. The van der Waals surface area contributed by atoms with E-state index in [9.17, 15) is 0 Å². The minimum Gasteiger partial charge on any atom is -0.352 e. The normalized spacial score (nSPS) is 19.2. The number of nitrogens with one attached hydrogen (secondary N) is 1. The van der Waals surface area contributed by atoms with Gasteiger partial charge >= 0.3 is 0 Å². The van der Waals surface area contributed by atoms with E-state index in [1.54, 1.807) is 0 Å². The van der Waals surface area contributed by atoms with Gasteiger partial charge in [-0.15, -0.1) is 0 Å². The summed E-state index contributed by atoms with van der Waals surface area (Å²) in [5, 5.41) is 4.30. The second kappa shape index (κ2) is 8.12. The molecular formula is C22H25N5S. The Balaban J connectivity index is 1.77. The maximum Gasteiger partial charge on any atom is 0.170 e. The van der Waals surface area contributed by atoms with Gasteiger partial charge in [0.25, 0.3) is 0 Å². The molecule has 1 aromatic carbocycles. The van der Waals surface area contributed by atoms with E-state index in [0.29, 0.717) is 0 Å². The lowest BCUT2D eigenvalue weighted by molar-refractivity contribution is 0.272. The molecule has 3 heterocycles. The van der Waals surface area contributed by atoms with E-state index in [1.165, 1.54) is 5.69 Å². The van der Waals surface area contributed by atoms with Crippen LogP contribution in [0.5, 0.6) is 0 Å². The van der Waals surface area contributed by atoms with Crippen LogP contribution in [0.15, 0.2) is 73.1 Å². The van der Waals surface area contributed by atoms with Gasteiger partial charge < -0.3 is 19.7 Å². The Morgan fingerprint density at radius 2 is 1.82 bits per heavy atom.